The highest BCUT2D eigenvalue weighted by Crippen LogP contribution is 2.18. The topological polar surface area (TPSA) is 49.6 Å². The molecule has 1 saturated heterocycles. The van der Waals surface area contributed by atoms with Crippen LogP contribution in [0, 0.1) is 12.8 Å². The average Bonchev–Trinajstić information content (AvgIpc) is 2.82. The molecular weight excluding hydrogens is 312 g/mol. The molecule has 23 heavy (non-hydrogen) atoms. The Morgan fingerprint density at radius 1 is 1.48 bits per heavy atom. The Labute approximate surface area is 141 Å². The van der Waals surface area contributed by atoms with Crippen LogP contribution in [0.3, 0.4) is 0 Å². The van der Waals surface area contributed by atoms with Crippen molar-refractivity contribution in [2.24, 2.45) is 5.92 Å². The fraction of sp³-hybridized carbons (Fsp3) is 0.529. The van der Waals surface area contributed by atoms with Gasteiger partial charge in [0.15, 0.2) is 0 Å². The molecule has 1 unspecified atom stereocenters. The molecule has 0 aliphatic carbocycles. The molecule has 1 aliphatic rings. The van der Waals surface area contributed by atoms with Gasteiger partial charge in [0.1, 0.15) is 11.3 Å². The normalized spacial score (nSPS) is 19.2. The third-order valence-corrected chi connectivity index (χ3v) is 4.76. The first-order valence-corrected chi connectivity index (χ1v) is 8.53. The van der Waals surface area contributed by atoms with Crippen molar-refractivity contribution in [2.45, 2.75) is 26.2 Å². The summed E-state index contributed by atoms with van der Waals surface area (Å²) in [4.78, 5) is 19.3. The summed E-state index contributed by atoms with van der Waals surface area (Å²) >= 11 is 6.04. The van der Waals surface area contributed by atoms with Gasteiger partial charge in [0, 0.05) is 19.3 Å². The molecule has 0 spiro atoms. The number of aryl methyl sites for hydroxylation is 1. The fourth-order valence-corrected chi connectivity index (χ4v) is 3.55. The summed E-state index contributed by atoms with van der Waals surface area (Å²) in [5, 5.41) is 3.63. The standard InChI is InChI=1S/C17H23ClN4O/c1-12-16(22-11-14(18)5-6-15(22)20-12)17(23)19-8-7-13-4-3-9-21(2)10-13/h5-6,11,13H,3-4,7-10H2,1-2H3,(H,19,23). The van der Waals surface area contributed by atoms with Crippen LogP contribution in [-0.2, 0) is 0 Å². The van der Waals surface area contributed by atoms with Crippen LogP contribution in [0.15, 0.2) is 18.3 Å². The number of halogens is 1. The molecule has 2 aromatic rings. The maximum atomic E-state index is 12.5. The van der Waals surface area contributed by atoms with Crippen molar-refractivity contribution < 1.29 is 4.79 Å². The van der Waals surface area contributed by atoms with Crippen LogP contribution in [0.2, 0.25) is 5.02 Å². The van der Waals surface area contributed by atoms with Crippen LogP contribution in [-0.4, -0.2) is 46.9 Å². The van der Waals surface area contributed by atoms with Gasteiger partial charge in [0.25, 0.3) is 5.91 Å². The Morgan fingerprint density at radius 2 is 2.30 bits per heavy atom. The highest BCUT2D eigenvalue weighted by Gasteiger charge is 2.19. The summed E-state index contributed by atoms with van der Waals surface area (Å²) in [6, 6.07) is 3.61. The number of piperidine rings is 1. The molecule has 3 heterocycles. The van der Waals surface area contributed by atoms with E-state index in [1.165, 1.54) is 19.4 Å². The third kappa shape index (κ3) is 3.67. The molecule has 1 fully saturated rings. The first-order chi connectivity index (χ1) is 11.0. The van der Waals surface area contributed by atoms with Gasteiger partial charge in [0.2, 0.25) is 0 Å². The molecule has 3 rings (SSSR count). The minimum Gasteiger partial charge on any atom is -0.351 e. The number of nitrogens with one attached hydrogen (secondary N) is 1. The fourth-order valence-electron chi connectivity index (χ4n) is 3.39. The number of amides is 1. The molecule has 1 aliphatic heterocycles. The van der Waals surface area contributed by atoms with E-state index in [9.17, 15) is 4.79 Å². The van der Waals surface area contributed by atoms with E-state index in [1.54, 1.807) is 16.7 Å². The molecule has 0 radical (unpaired) electrons. The number of likely N-dealkylation sites (tertiary alicyclic amines) is 1. The molecule has 5 nitrogen and oxygen atoms in total. The van der Waals surface area contributed by atoms with Gasteiger partial charge in [-0.25, -0.2) is 4.98 Å². The second-order valence-corrected chi connectivity index (χ2v) is 6.87. The predicted octanol–water partition coefficient (Wildman–Crippen LogP) is 2.76. The van der Waals surface area contributed by atoms with Crippen LogP contribution in [0.4, 0.5) is 0 Å². The zero-order valence-corrected chi connectivity index (χ0v) is 14.4. The number of fused-ring (bicyclic) bond motifs is 1. The summed E-state index contributed by atoms with van der Waals surface area (Å²) < 4.78 is 1.77. The lowest BCUT2D eigenvalue weighted by atomic mass is 9.95. The number of aromatic nitrogens is 2. The van der Waals surface area contributed by atoms with Gasteiger partial charge in [-0.05, 0) is 57.8 Å². The number of carbonyl (C=O) groups excluding carboxylic acids is 1. The van der Waals surface area contributed by atoms with Gasteiger partial charge in [-0.2, -0.15) is 0 Å². The van der Waals surface area contributed by atoms with Crippen molar-refractivity contribution in [3.8, 4) is 0 Å². The number of carbonyl (C=O) groups is 1. The summed E-state index contributed by atoms with van der Waals surface area (Å²) in [6.45, 7) is 4.86. The summed E-state index contributed by atoms with van der Waals surface area (Å²) in [5.74, 6) is 0.591. The second kappa shape index (κ2) is 6.89. The monoisotopic (exact) mass is 334 g/mol. The molecule has 2 aromatic heterocycles. The van der Waals surface area contributed by atoms with Crippen molar-refractivity contribution in [1.29, 1.82) is 0 Å². The van der Waals surface area contributed by atoms with Crippen LogP contribution in [0.5, 0.6) is 0 Å². The van der Waals surface area contributed by atoms with Gasteiger partial charge in [-0.3, -0.25) is 9.20 Å². The lowest BCUT2D eigenvalue weighted by Gasteiger charge is -2.29. The highest BCUT2D eigenvalue weighted by molar-refractivity contribution is 6.30. The van der Waals surface area contributed by atoms with Crippen LogP contribution >= 0.6 is 11.6 Å². The van der Waals surface area contributed by atoms with Gasteiger partial charge >= 0.3 is 0 Å². The Bertz CT molecular complexity index is 712. The van der Waals surface area contributed by atoms with Crippen molar-refractivity contribution in [2.75, 3.05) is 26.7 Å². The SMILES string of the molecule is Cc1nc2ccc(Cl)cn2c1C(=O)NCCC1CCCN(C)C1. The Kier molecular flexibility index (Phi) is 4.87. The molecular formula is C17H23ClN4O. The van der Waals surface area contributed by atoms with Crippen LogP contribution in [0.25, 0.3) is 5.65 Å². The predicted molar refractivity (Wildman–Crippen MR) is 92.1 cm³/mol. The lowest BCUT2D eigenvalue weighted by Crippen LogP contribution is -2.34. The number of rotatable bonds is 4. The van der Waals surface area contributed by atoms with Crippen molar-refractivity contribution in [1.82, 2.24) is 19.6 Å². The molecule has 0 aromatic carbocycles. The minimum absolute atomic E-state index is 0.0820. The first kappa shape index (κ1) is 16.3. The Balaban J connectivity index is 1.64. The van der Waals surface area contributed by atoms with E-state index in [0.717, 1.165) is 24.3 Å². The van der Waals surface area contributed by atoms with Crippen molar-refractivity contribution >= 4 is 23.2 Å². The van der Waals surface area contributed by atoms with Gasteiger partial charge in [-0.1, -0.05) is 11.6 Å². The van der Waals surface area contributed by atoms with E-state index in [-0.39, 0.29) is 5.91 Å². The molecule has 124 valence electrons. The Morgan fingerprint density at radius 3 is 3.09 bits per heavy atom. The summed E-state index contributed by atoms with van der Waals surface area (Å²) in [7, 11) is 2.16. The molecule has 6 heteroatoms. The summed E-state index contributed by atoms with van der Waals surface area (Å²) in [6.07, 6.45) is 5.26. The maximum absolute atomic E-state index is 12.5. The minimum atomic E-state index is -0.0820. The quantitative estimate of drug-likeness (QED) is 0.935. The smallest absolute Gasteiger partial charge is 0.270 e. The molecule has 1 N–H and O–H groups in total. The second-order valence-electron chi connectivity index (χ2n) is 6.44. The van der Waals surface area contributed by atoms with E-state index in [1.807, 2.05) is 13.0 Å². The average molecular weight is 335 g/mol. The molecule has 0 bridgehead atoms. The molecule has 1 atom stereocenters. The van der Waals surface area contributed by atoms with E-state index >= 15 is 0 Å². The highest BCUT2D eigenvalue weighted by atomic mass is 35.5. The number of nitrogens with zero attached hydrogens (tertiary/aromatic N) is 3. The van der Waals surface area contributed by atoms with Gasteiger partial charge in [0.05, 0.1) is 10.7 Å². The van der Waals surface area contributed by atoms with Crippen molar-refractivity contribution in [3.05, 3.63) is 34.7 Å². The zero-order chi connectivity index (χ0) is 16.4. The van der Waals surface area contributed by atoms with Crippen LogP contribution < -0.4 is 5.32 Å². The molecule has 0 saturated carbocycles. The van der Waals surface area contributed by atoms with E-state index in [0.29, 0.717) is 23.2 Å². The largest absolute Gasteiger partial charge is 0.351 e. The number of hydrogen-bond acceptors (Lipinski definition) is 3. The van der Waals surface area contributed by atoms with E-state index < -0.39 is 0 Å². The van der Waals surface area contributed by atoms with E-state index in [4.69, 9.17) is 11.6 Å². The first-order valence-electron chi connectivity index (χ1n) is 8.15. The van der Waals surface area contributed by atoms with Crippen LogP contribution in [0.1, 0.15) is 35.4 Å². The number of imidazole rings is 1. The number of pyridine rings is 1. The third-order valence-electron chi connectivity index (χ3n) is 4.53. The van der Waals surface area contributed by atoms with Crippen molar-refractivity contribution in [3.63, 3.8) is 0 Å². The van der Waals surface area contributed by atoms with Gasteiger partial charge in [-0.15, -0.1) is 0 Å². The zero-order valence-electron chi connectivity index (χ0n) is 13.7. The Hall–Kier alpha value is -1.59. The van der Waals surface area contributed by atoms with E-state index in [2.05, 4.69) is 22.2 Å². The maximum Gasteiger partial charge on any atom is 0.270 e. The molecule has 1 amide bonds. The summed E-state index contributed by atoms with van der Waals surface area (Å²) in [5.41, 5.74) is 2.04. The number of hydrogen-bond donors (Lipinski definition) is 1. The van der Waals surface area contributed by atoms with Gasteiger partial charge < -0.3 is 10.2 Å². The lowest BCUT2D eigenvalue weighted by molar-refractivity contribution is 0.0942.